The van der Waals surface area contributed by atoms with Crippen LogP contribution in [0.15, 0.2) is 16.9 Å². The Balaban J connectivity index is 2.90. The molecule has 0 aromatic heterocycles. The van der Waals surface area contributed by atoms with Crippen molar-refractivity contribution in [3.8, 4) is 12.3 Å². The van der Waals surface area contributed by atoms with Gasteiger partial charge in [-0.3, -0.25) is 4.79 Å². The summed E-state index contributed by atoms with van der Waals surface area (Å²) in [5.41, 5.74) is 7.91. The van der Waals surface area contributed by atoms with Crippen molar-refractivity contribution in [3.63, 3.8) is 0 Å². The first kappa shape index (κ1) is 41.7. The number of terminal acetylenes is 1. The predicted molar refractivity (Wildman–Crippen MR) is 166 cm³/mol. The summed E-state index contributed by atoms with van der Waals surface area (Å²) in [5.74, 6) is 0.369. The fourth-order valence-corrected chi connectivity index (χ4v) is 3.97. The van der Waals surface area contributed by atoms with Gasteiger partial charge in [0.25, 0.3) is 0 Å². The van der Waals surface area contributed by atoms with E-state index < -0.39 is 72.4 Å². The van der Waals surface area contributed by atoms with Crippen LogP contribution < -0.4 is 16.0 Å². The van der Waals surface area contributed by atoms with Gasteiger partial charge in [0, 0.05) is 18.4 Å². The molecule has 0 unspecified atom stereocenters. The van der Waals surface area contributed by atoms with Crippen molar-refractivity contribution in [3.05, 3.63) is 22.3 Å². The summed E-state index contributed by atoms with van der Waals surface area (Å²) in [5, 5.41) is 21.8. The molecule has 0 aromatic carbocycles. The molecule has 0 saturated heterocycles. The van der Waals surface area contributed by atoms with Crippen molar-refractivity contribution < 1.29 is 62.2 Å². The zero-order valence-corrected chi connectivity index (χ0v) is 27.8. The van der Waals surface area contributed by atoms with E-state index in [1.807, 2.05) is 0 Å². The SMILES string of the molecule is C#CCOCCOCCOCCOCCNC(=O)O[C@@H]([C@@H]1OC(C(=O)OC)=C[C@H](NC(=O)OC(C)(C)C)[C@H]1NC(C)=O)[C@H](O)CN=[N+]=[N-]. The molecule has 0 aromatic rings. The van der Waals surface area contributed by atoms with Crippen LogP contribution in [-0.4, -0.2) is 138 Å². The number of ether oxygens (including phenoxy) is 8. The van der Waals surface area contributed by atoms with Gasteiger partial charge in [-0.05, 0) is 32.4 Å². The highest BCUT2D eigenvalue weighted by Gasteiger charge is 2.47. The van der Waals surface area contributed by atoms with Gasteiger partial charge in [-0.25, -0.2) is 14.4 Å². The van der Waals surface area contributed by atoms with Gasteiger partial charge in [-0.2, -0.15) is 0 Å². The van der Waals surface area contributed by atoms with Crippen LogP contribution in [0, 0.1) is 12.3 Å². The number of hydrogen-bond donors (Lipinski definition) is 4. The molecule has 270 valence electrons. The summed E-state index contributed by atoms with van der Waals surface area (Å²) in [6.45, 7) is 7.73. The summed E-state index contributed by atoms with van der Waals surface area (Å²) < 4.78 is 42.5. The molecule has 19 heteroatoms. The molecule has 0 radical (unpaired) electrons. The first-order valence-corrected chi connectivity index (χ1v) is 14.9. The van der Waals surface area contributed by atoms with Gasteiger partial charge in [-0.1, -0.05) is 11.0 Å². The Hall–Kier alpha value is -4.31. The number of nitrogens with one attached hydrogen (secondary N) is 3. The normalized spacial score (nSPS) is 18.4. The van der Waals surface area contributed by atoms with Crippen LogP contribution in [0.25, 0.3) is 10.4 Å². The van der Waals surface area contributed by atoms with Crippen LogP contribution in [0.1, 0.15) is 27.7 Å². The zero-order valence-electron chi connectivity index (χ0n) is 27.8. The summed E-state index contributed by atoms with van der Waals surface area (Å²) in [7, 11) is 1.08. The lowest BCUT2D eigenvalue weighted by Crippen LogP contribution is -2.64. The smallest absolute Gasteiger partial charge is 0.408 e. The molecule has 0 saturated carbocycles. The number of carbonyl (C=O) groups excluding carboxylic acids is 4. The third kappa shape index (κ3) is 17.6. The van der Waals surface area contributed by atoms with E-state index in [1.54, 1.807) is 20.8 Å². The maximum absolute atomic E-state index is 12.8. The van der Waals surface area contributed by atoms with E-state index in [0.717, 1.165) is 7.11 Å². The van der Waals surface area contributed by atoms with Gasteiger partial charge in [0.2, 0.25) is 11.7 Å². The molecule has 0 aliphatic carbocycles. The summed E-state index contributed by atoms with van der Waals surface area (Å²) in [4.78, 5) is 52.8. The maximum atomic E-state index is 12.8. The van der Waals surface area contributed by atoms with E-state index in [2.05, 4.69) is 31.9 Å². The lowest BCUT2D eigenvalue weighted by Gasteiger charge is -2.41. The van der Waals surface area contributed by atoms with E-state index in [1.165, 1.54) is 13.0 Å². The topological polar surface area (TPSA) is 247 Å². The molecule has 0 bridgehead atoms. The Bertz CT molecular complexity index is 1150. The number of nitrogens with zero attached hydrogens (tertiary/aromatic N) is 3. The number of aliphatic hydroxyl groups is 1. The number of aliphatic hydroxyl groups excluding tert-OH is 1. The van der Waals surface area contributed by atoms with E-state index in [0.29, 0.717) is 26.4 Å². The molecule has 5 atom stereocenters. The Kier molecular flexibility index (Phi) is 20.1. The lowest BCUT2D eigenvalue weighted by molar-refractivity contribution is -0.148. The average Bonchev–Trinajstić information content (AvgIpc) is 3.01. The molecule has 0 fully saturated rings. The van der Waals surface area contributed by atoms with Crippen LogP contribution in [0.3, 0.4) is 0 Å². The second-order valence-electron chi connectivity index (χ2n) is 10.9. The maximum Gasteiger partial charge on any atom is 0.408 e. The largest absolute Gasteiger partial charge is 0.477 e. The Morgan fingerprint density at radius 1 is 1.04 bits per heavy atom. The molecule has 19 nitrogen and oxygen atoms in total. The minimum Gasteiger partial charge on any atom is -0.477 e. The zero-order chi connectivity index (χ0) is 36.0. The standard InChI is InChI=1S/C29H46N6O13/c1-7-9-42-11-13-44-15-16-45-14-12-43-10-8-31-27(39)47-24(21(37)18-32-35-30)25-23(33-19(2)36)20(17-22(46-25)26(38)41-6)34-28(40)48-29(3,4)5/h1,17,20-21,23-25,37H,8-16,18H2,2-6H3,(H,31,39)(H,33,36)(H,34,40)/t20-,21+,23+,24+,25+/m0/s1. The number of amides is 3. The van der Waals surface area contributed by atoms with Crippen LogP contribution in [-0.2, 0) is 47.5 Å². The first-order valence-electron chi connectivity index (χ1n) is 14.9. The number of hydrogen-bond acceptors (Lipinski definition) is 14. The van der Waals surface area contributed by atoms with Crippen molar-refractivity contribution >= 4 is 24.1 Å². The van der Waals surface area contributed by atoms with Gasteiger partial charge in [-0.15, -0.1) is 6.42 Å². The number of esters is 1. The number of carbonyl (C=O) groups is 4. The minimum absolute atomic E-state index is 0.0183. The minimum atomic E-state index is -1.69. The predicted octanol–water partition coefficient (Wildman–Crippen LogP) is 0.306. The molecule has 3 amide bonds. The molecule has 0 spiro atoms. The average molecular weight is 687 g/mol. The molecule has 1 heterocycles. The third-order valence-electron chi connectivity index (χ3n) is 5.87. The third-order valence-corrected chi connectivity index (χ3v) is 5.87. The lowest BCUT2D eigenvalue weighted by atomic mass is 9.91. The van der Waals surface area contributed by atoms with Crippen molar-refractivity contribution in [1.29, 1.82) is 0 Å². The molecule has 1 rings (SSSR count). The molecule has 1 aliphatic rings. The second kappa shape index (κ2) is 23.1. The van der Waals surface area contributed by atoms with Crippen LogP contribution in [0.5, 0.6) is 0 Å². The number of rotatable bonds is 21. The fourth-order valence-electron chi connectivity index (χ4n) is 3.97. The van der Waals surface area contributed by atoms with Gasteiger partial charge < -0.3 is 59.0 Å². The second-order valence-corrected chi connectivity index (χ2v) is 10.9. The van der Waals surface area contributed by atoms with Crippen molar-refractivity contribution in [2.75, 3.05) is 73.1 Å². The number of azide groups is 1. The van der Waals surface area contributed by atoms with Crippen LogP contribution in [0.4, 0.5) is 9.59 Å². The quantitative estimate of drug-likeness (QED) is 0.0242. The van der Waals surface area contributed by atoms with Crippen molar-refractivity contribution in [2.45, 2.75) is 63.7 Å². The van der Waals surface area contributed by atoms with Gasteiger partial charge >= 0.3 is 18.2 Å². The molecular weight excluding hydrogens is 640 g/mol. The van der Waals surface area contributed by atoms with Gasteiger partial charge in [0.15, 0.2) is 12.2 Å². The molecule has 48 heavy (non-hydrogen) atoms. The van der Waals surface area contributed by atoms with Gasteiger partial charge in [0.05, 0.1) is 72.0 Å². The van der Waals surface area contributed by atoms with E-state index in [9.17, 15) is 24.3 Å². The van der Waals surface area contributed by atoms with E-state index in [-0.39, 0.29) is 33.0 Å². The highest BCUT2D eigenvalue weighted by Crippen LogP contribution is 2.26. The van der Waals surface area contributed by atoms with Crippen LogP contribution in [0.2, 0.25) is 0 Å². The van der Waals surface area contributed by atoms with Crippen LogP contribution >= 0.6 is 0 Å². The summed E-state index contributed by atoms with van der Waals surface area (Å²) >= 11 is 0. The highest BCUT2D eigenvalue weighted by molar-refractivity contribution is 5.87. The summed E-state index contributed by atoms with van der Waals surface area (Å²) in [6.07, 6.45) is -0.572. The fraction of sp³-hybridized carbons (Fsp3) is 0.724. The first-order chi connectivity index (χ1) is 22.8. The highest BCUT2D eigenvalue weighted by atomic mass is 16.6. The molecular formula is C29H46N6O13. The number of alkyl carbamates (subject to hydrolysis) is 2. The molecule has 1 aliphatic heterocycles. The van der Waals surface area contributed by atoms with Crippen molar-refractivity contribution in [1.82, 2.24) is 16.0 Å². The Morgan fingerprint density at radius 3 is 2.19 bits per heavy atom. The van der Waals surface area contributed by atoms with Gasteiger partial charge in [0.1, 0.15) is 18.3 Å². The Morgan fingerprint density at radius 2 is 1.65 bits per heavy atom. The summed E-state index contributed by atoms with van der Waals surface area (Å²) in [6, 6.07) is -2.43. The molecule has 4 N–H and O–H groups in total. The number of methoxy groups -OCH3 is 1. The van der Waals surface area contributed by atoms with E-state index in [4.69, 9.17) is 49.8 Å². The van der Waals surface area contributed by atoms with E-state index >= 15 is 0 Å². The Labute approximate surface area is 278 Å². The van der Waals surface area contributed by atoms with Crippen molar-refractivity contribution in [2.24, 2.45) is 5.11 Å². The monoisotopic (exact) mass is 686 g/mol.